The summed E-state index contributed by atoms with van der Waals surface area (Å²) in [5.74, 6) is 1.36. The summed E-state index contributed by atoms with van der Waals surface area (Å²) in [6, 6.07) is 14.3. The van der Waals surface area contributed by atoms with Gasteiger partial charge in [0.2, 0.25) is 5.95 Å². The van der Waals surface area contributed by atoms with Gasteiger partial charge >= 0.3 is 5.97 Å². The number of hydrogen-bond acceptors (Lipinski definition) is 7. The second kappa shape index (κ2) is 9.05. The predicted octanol–water partition coefficient (Wildman–Crippen LogP) is 4.28. The maximum Gasteiger partial charge on any atom is 0.337 e. The molecule has 1 heterocycles. The van der Waals surface area contributed by atoms with Gasteiger partial charge < -0.3 is 20.1 Å². The number of ether oxygens (including phenoxy) is 2. The SMILES string of the molecule is COC(=O)c1ccc(Cl)c(Nc2ccnc(NCc3ccc(OC)cc3)n2)c1. The van der Waals surface area contributed by atoms with Crippen LogP contribution in [0.15, 0.2) is 54.7 Å². The van der Waals surface area contributed by atoms with Crippen LogP contribution in [-0.2, 0) is 11.3 Å². The van der Waals surface area contributed by atoms with Crippen LogP contribution in [0.5, 0.6) is 5.75 Å². The molecule has 0 aliphatic rings. The highest BCUT2D eigenvalue weighted by Crippen LogP contribution is 2.26. The van der Waals surface area contributed by atoms with Gasteiger partial charge in [0.25, 0.3) is 0 Å². The van der Waals surface area contributed by atoms with Crippen molar-refractivity contribution < 1.29 is 14.3 Å². The van der Waals surface area contributed by atoms with Gasteiger partial charge in [-0.2, -0.15) is 4.98 Å². The quantitative estimate of drug-likeness (QED) is 0.574. The first-order valence-corrected chi connectivity index (χ1v) is 8.81. The number of hydrogen-bond donors (Lipinski definition) is 2. The van der Waals surface area contributed by atoms with Crippen molar-refractivity contribution >= 4 is 35.0 Å². The highest BCUT2D eigenvalue weighted by atomic mass is 35.5. The molecule has 3 aromatic rings. The second-order valence-electron chi connectivity index (χ2n) is 5.78. The summed E-state index contributed by atoms with van der Waals surface area (Å²) in [4.78, 5) is 20.3. The van der Waals surface area contributed by atoms with E-state index in [0.29, 0.717) is 34.6 Å². The summed E-state index contributed by atoms with van der Waals surface area (Å²) in [5.41, 5.74) is 2.00. The number of halogens is 1. The average Bonchev–Trinajstić information content (AvgIpc) is 2.74. The van der Waals surface area contributed by atoms with Crippen LogP contribution in [-0.4, -0.2) is 30.2 Å². The second-order valence-corrected chi connectivity index (χ2v) is 6.19. The van der Waals surface area contributed by atoms with Crippen molar-refractivity contribution in [3.8, 4) is 5.75 Å². The lowest BCUT2D eigenvalue weighted by Gasteiger charge is -2.11. The minimum Gasteiger partial charge on any atom is -0.497 e. The number of methoxy groups -OCH3 is 2. The zero-order valence-electron chi connectivity index (χ0n) is 15.4. The first kappa shape index (κ1) is 19.4. The molecule has 0 spiro atoms. The third kappa shape index (κ3) is 4.89. The Bertz CT molecular complexity index is 964. The average molecular weight is 399 g/mol. The lowest BCUT2D eigenvalue weighted by atomic mass is 10.2. The molecule has 0 fully saturated rings. The van der Waals surface area contributed by atoms with E-state index in [1.165, 1.54) is 7.11 Å². The lowest BCUT2D eigenvalue weighted by molar-refractivity contribution is 0.0601. The van der Waals surface area contributed by atoms with E-state index >= 15 is 0 Å². The number of esters is 1. The fourth-order valence-corrected chi connectivity index (χ4v) is 2.61. The van der Waals surface area contributed by atoms with Crippen molar-refractivity contribution in [2.24, 2.45) is 0 Å². The molecule has 0 saturated carbocycles. The Morgan fingerprint density at radius 1 is 1.11 bits per heavy atom. The fraction of sp³-hybridized carbons (Fsp3) is 0.150. The van der Waals surface area contributed by atoms with Crippen molar-refractivity contribution in [2.75, 3.05) is 24.9 Å². The topological polar surface area (TPSA) is 85.4 Å². The normalized spacial score (nSPS) is 10.2. The lowest BCUT2D eigenvalue weighted by Crippen LogP contribution is -2.06. The van der Waals surface area contributed by atoms with Gasteiger partial charge in [-0.3, -0.25) is 0 Å². The summed E-state index contributed by atoms with van der Waals surface area (Å²) in [5, 5.41) is 6.72. The molecule has 144 valence electrons. The van der Waals surface area contributed by atoms with Crippen LogP contribution in [0.25, 0.3) is 0 Å². The van der Waals surface area contributed by atoms with Crippen molar-refractivity contribution in [3.63, 3.8) is 0 Å². The molecule has 7 nitrogen and oxygen atoms in total. The monoisotopic (exact) mass is 398 g/mol. The molecule has 0 unspecified atom stereocenters. The smallest absolute Gasteiger partial charge is 0.337 e. The van der Waals surface area contributed by atoms with E-state index in [4.69, 9.17) is 21.1 Å². The van der Waals surface area contributed by atoms with E-state index < -0.39 is 5.97 Å². The third-order valence-electron chi connectivity index (χ3n) is 3.92. The van der Waals surface area contributed by atoms with E-state index in [9.17, 15) is 4.79 Å². The molecular formula is C20H19ClN4O3. The number of aromatic nitrogens is 2. The van der Waals surface area contributed by atoms with E-state index in [1.807, 2.05) is 24.3 Å². The van der Waals surface area contributed by atoms with Crippen LogP contribution in [0, 0.1) is 0 Å². The molecule has 0 amide bonds. The molecule has 28 heavy (non-hydrogen) atoms. The number of carbonyl (C=O) groups is 1. The zero-order chi connectivity index (χ0) is 19.9. The first-order valence-electron chi connectivity index (χ1n) is 8.44. The Morgan fingerprint density at radius 3 is 2.61 bits per heavy atom. The van der Waals surface area contributed by atoms with E-state index in [0.717, 1.165) is 11.3 Å². The minimum absolute atomic E-state index is 0.390. The molecule has 0 aliphatic heterocycles. The Balaban J connectivity index is 1.70. The molecule has 0 aliphatic carbocycles. The van der Waals surface area contributed by atoms with Crippen LogP contribution in [0.2, 0.25) is 5.02 Å². The molecule has 0 saturated heterocycles. The number of anilines is 3. The number of nitrogens with zero attached hydrogens (tertiary/aromatic N) is 2. The Labute approximate surface area is 167 Å². The largest absolute Gasteiger partial charge is 0.497 e. The Kier molecular flexibility index (Phi) is 6.29. The summed E-state index contributed by atoms with van der Waals surface area (Å²) in [6.45, 7) is 0.562. The fourth-order valence-electron chi connectivity index (χ4n) is 2.44. The van der Waals surface area contributed by atoms with Gasteiger partial charge in [0.05, 0.1) is 30.5 Å². The first-order chi connectivity index (χ1) is 13.6. The van der Waals surface area contributed by atoms with E-state index in [1.54, 1.807) is 37.6 Å². The molecule has 1 aromatic heterocycles. The van der Waals surface area contributed by atoms with Crippen LogP contribution in [0.3, 0.4) is 0 Å². The summed E-state index contributed by atoms with van der Waals surface area (Å²) in [6.07, 6.45) is 1.63. The van der Waals surface area contributed by atoms with Crippen LogP contribution >= 0.6 is 11.6 Å². The summed E-state index contributed by atoms with van der Waals surface area (Å²) < 4.78 is 9.89. The van der Waals surface area contributed by atoms with Crippen molar-refractivity contribution in [2.45, 2.75) is 6.54 Å². The van der Waals surface area contributed by atoms with Crippen LogP contribution in [0.1, 0.15) is 15.9 Å². The maximum absolute atomic E-state index is 11.7. The van der Waals surface area contributed by atoms with Gasteiger partial charge in [-0.15, -0.1) is 0 Å². The molecule has 0 radical (unpaired) electrons. The molecule has 8 heteroatoms. The van der Waals surface area contributed by atoms with Crippen molar-refractivity contribution in [3.05, 3.63) is 70.9 Å². The Morgan fingerprint density at radius 2 is 1.89 bits per heavy atom. The van der Waals surface area contributed by atoms with Crippen molar-refractivity contribution in [1.82, 2.24) is 9.97 Å². The van der Waals surface area contributed by atoms with Crippen molar-refractivity contribution in [1.29, 1.82) is 0 Å². The van der Waals surface area contributed by atoms with Crippen LogP contribution < -0.4 is 15.4 Å². The third-order valence-corrected chi connectivity index (χ3v) is 4.25. The van der Waals surface area contributed by atoms with Crippen LogP contribution in [0.4, 0.5) is 17.5 Å². The number of rotatable bonds is 7. The predicted molar refractivity (Wildman–Crippen MR) is 108 cm³/mol. The molecular weight excluding hydrogens is 380 g/mol. The van der Waals surface area contributed by atoms with Gasteiger partial charge in [0.15, 0.2) is 0 Å². The molecule has 2 N–H and O–H groups in total. The Hall–Kier alpha value is -3.32. The minimum atomic E-state index is -0.441. The summed E-state index contributed by atoms with van der Waals surface area (Å²) >= 11 is 6.22. The summed E-state index contributed by atoms with van der Waals surface area (Å²) in [7, 11) is 2.96. The maximum atomic E-state index is 11.7. The van der Waals surface area contributed by atoms with Gasteiger partial charge in [-0.25, -0.2) is 9.78 Å². The zero-order valence-corrected chi connectivity index (χ0v) is 16.2. The molecule has 0 atom stereocenters. The van der Waals surface area contributed by atoms with Gasteiger partial charge in [-0.1, -0.05) is 23.7 Å². The van der Waals surface area contributed by atoms with E-state index in [-0.39, 0.29) is 0 Å². The standard InChI is InChI=1S/C20H19ClN4O3/c1-27-15-6-3-13(4-7-15)12-23-20-22-10-9-18(25-20)24-17-11-14(19(26)28-2)5-8-16(17)21/h3-11H,12H2,1-2H3,(H2,22,23,24,25). The van der Waals surface area contributed by atoms with Gasteiger partial charge in [0.1, 0.15) is 11.6 Å². The number of nitrogens with one attached hydrogen (secondary N) is 2. The molecule has 0 bridgehead atoms. The number of carbonyl (C=O) groups excluding carboxylic acids is 1. The highest BCUT2D eigenvalue weighted by Gasteiger charge is 2.10. The highest BCUT2D eigenvalue weighted by molar-refractivity contribution is 6.33. The van der Waals surface area contributed by atoms with E-state index in [2.05, 4.69) is 20.6 Å². The molecule has 2 aromatic carbocycles. The van der Waals surface area contributed by atoms with Gasteiger partial charge in [0, 0.05) is 12.7 Å². The number of benzene rings is 2. The van der Waals surface area contributed by atoms with Gasteiger partial charge in [-0.05, 0) is 42.0 Å². The molecule has 3 rings (SSSR count).